The van der Waals surface area contributed by atoms with Gasteiger partial charge in [-0.05, 0) is 31.0 Å². The van der Waals surface area contributed by atoms with Gasteiger partial charge in [-0.3, -0.25) is 14.6 Å². The number of aromatic nitrogens is 2. The second kappa shape index (κ2) is 7.53. The molecule has 0 aliphatic heterocycles. The number of hydrogen-bond donors (Lipinski definition) is 2. The summed E-state index contributed by atoms with van der Waals surface area (Å²) in [5.74, 6) is -0.590. The van der Waals surface area contributed by atoms with Crippen LogP contribution in [0.2, 0.25) is 0 Å². The molecule has 0 spiro atoms. The van der Waals surface area contributed by atoms with Gasteiger partial charge in [0.15, 0.2) is 5.78 Å². The van der Waals surface area contributed by atoms with E-state index in [0.717, 1.165) is 0 Å². The van der Waals surface area contributed by atoms with Crippen LogP contribution in [-0.4, -0.2) is 15.8 Å². The van der Waals surface area contributed by atoms with Crippen LogP contribution >= 0.6 is 0 Å². The first kappa shape index (κ1) is 18.5. The van der Waals surface area contributed by atoms with Crippen LogP contribution in [-0.2, 0) is 0 Å². The van der Waals surface area contributed by atoms with E-state index in [9.17, 15) is 14.0 Å². The van der Waals surface area contributed by atoms with Gasteiger partial charge in [-0.15, -0.1) is 0 Å². The number of anilines is 2. The van der Waals surface area contributed by atoms with Crippen molar-refractivity contribution in [2.24, 2.45) is 0 Å². The van der Waals surface area contributed by atoms with Crippen LogP contribution in [0.1, 0.15) is 42.7 Å². The molecule has 27 heavy (non-hydrogen) atoms. The minimum Gasteiger partial charge on any atom is -0.353 e. The second-order valence-electron chi connectivity index (χ2n) is 6.58. The molecule has 138 valence electrons. The number of halogens is 1. The fourth-order valence-corrected chi connectivity index (χ4v) is 2.91. The van der Waals surface area contributed by atoms with Gasteiger partial charge in [-0.2, -0.15) is 0 Å². The maximum atomic E-state index is 14.2. The predicted molar refractivity (Wildman–Crippen MR) is 104 cm³/mol. The zero-order valence-electron chi connectivity index (χ0n) is 15.3. The average Bonchev–Trinajstić information content (AvgIpc) is 2.63. The molecular weight excluding hydrogens is 345 g/mol. The molecule has 1 aromatic carbocycles. The normalized spacial score (nSPS) is 10.9. The SMILES string of the molecule is CC(=O)c1cnccc1Nc1cc(-c2ccccc2F)c(=O)[nH]c1C(C)C. The number of aromatic amines is 1. The van der Waals surface area contributed by atoms with Crippen LogP contribution in [0.5, 0.6) is 0 Å². The van der Waals surface area contributed by atoms with Crippen LogP contribution < -0.4 is 10.9 Å². The molecule has 2 aromatic heterocycles. The molecule has 0 atom stereocenters. The van der Waals surface area contributed by atoms with Crippen LogP contribution in [0.15, 0.2) is 53.6 Å². The lowest BCUT2D eigenvalue weighted by atomic mass is 10.0. The molecule has 5 nitrogen and oxygen atoms in total. The molecule has 0 bridgehead atoms. The summed E-state index contributed by atoms with van der Waals surface area (Å²) in [5.41, 5.74) is 2.37. The molecule has 0 radical (unpaired) electrons. The summed E-state index contributed by atoms with van der Waals surface area (Å²) in [5, 5.41) is 3.21. The lowest BCUT2D eigenvalue weighted by Crippen LogP contribution is -2.15. The predicted octanol–water partition coefficient (Wildman–Crippen LogP) is 4.65. The van der Waals surface area contributed by atoms with Crippen molar-refractivity contribution < 1.29 is 9.18 Å². The van der Waals surface area contributed by atoms with Crippen molar-refractivity contribution in [1.82, 2.24) is 9.97 Å². The Bertz CT molecular complexity index is 1060. The molecule has 6 heteroatoms. The Balaban J connectivity index is 2.17. The van der Waals surface area contributed by atoms with Gasteiger partial charge >= 0.3 is 0 Å². The molecule has 0 fully saturated rings. The lowest BCUT2D eigenvalue weighted by molar-refractivity contribution is 0.101. The number of H-pyrrole nitrogens is 1. The molecule has 2 heterocycles. The number of carbonyl (C=O) groups excluding carboxylic acids is 1. The van der Waals surface area contributed by atoms with E-state index in [-0.39, 0.29) is 28.4 Å². The van der Waals surface area contributed by atoms with E-state index in [1.165, 1.54) is 19.2 Å². The number of hydrogen-bond acceptors (Lipinski definition) is 4. The number of benzene rings is 1. The Morgan fingerprint density at radius 3 is 2.56 bits per heavy atom. The van der Waals surface area contributed by atoms with Gasteiger partial charge in [0.1, 0.15) is 5.82 Å². The van der Waals surface area contributed by atoms with E-state index >= 15 is 0 Å². The average molecular weight is 365 g/mol. The summed E-state index contributed by atoms with van der Waals surface area (Å²) in [6, 6.07) is 9.44. The fourth-order valence-electron chi connectivity index (χ4n) is 2.91. The van der Waals surface area contributed by atoms with Crippen LogP contribution in [0, 0.1) is 5.82 Å². The standard InChI is InChI=1S/C21H20FN3O2/c1-12(2)20-19(24-18-8-9-23-11-16(18)13(3)26)10-15(21(27)25-20)14-6-4-5-7-17(14)22/h4-12H,1-3H3,(H,23,24)(H,25,27). The number of ketones is 1. The first-order chi connectivity index (χ1) is 12.9. The molecule has 3 rings (SSSR count). The zero-order chi connectivity index (χ0) is 19.6. The molecule has 0 amide bonds. The maximum Gasteiger partial charge on any atom is 0.256 e. The van der Waals surface area contributed by atoms with Crippen molar-refractivity contribution in [2.75, 3.05) is 5.32 Å². The van der Waals surface area contributed by atoms with Gasteiger partial charge in [0.05, 0.1) is 22.5 Å². The monoisotopic (exact) mass is 365 g/mol. The van der Waals surface area contributed by atoms with E-state index in [2.05, 4.69) is 15.3 Å². The Labute approximate surface area is 156 Å². The molecule has 0 unspecified atom stereocenters. The van der Waals surface area contributed by atoms with E-state index in [1.54, 1.807) is 36.5 Å². The second-order valence-corrected chi connectivity index (χ2v) is 6.58. The number of Topliss-reactive ketones (excluding diaryl/α,β-unsaturated/α-hetero) is 1. The largest absolute Gasteiger partial charge is 0.353 e. The number of pyridine rings is 2. The van der Waals surface area contributed by atoms with Gasteiger partial charge in [0.2, 0.25) is 0 Å². The molecule has 2 N–H and O–H groups in total. The lowest BCUT2D eigenvalue weighted by Gasteiger charge is -2.17. The number of carbonyl (C=O) groups is 1. The highest BCUT2D eigenvalue weighted by molar-refractivity contribution is 6.00. The highest BCUT2D eigenvalue weighted by Gasteiger charge is 2.17. The Morgan fingerprint density at radius 1 is 1.15 bits per heavy atom. The van der Waals surface area contributed by atoms with Gasteiger partial charge in [0.25, 0.3) is 5.56 Å². The molecular formula is C21H20FN3O2. The van der Waals surface area contributed by atoms with E-state index in [4.69, 9.17) is 0 Å². The first-order valence-corrected chi connectivity index (χ1v) is 8.62. The maximum absolute atomic E-state index is 14.2. The number of nitrogens with zero attached hydrogens (tertiary/aromatic N) is 1. The summed E-state index contributed by atoms with van der Waals surface area (Å²) >= 11 is 0. The van der Waals surface area contributed by atoms with Gasteiger partial charge in [-0.25, -0.2) is 4.39 Å². The van der Waals surface area contributed by atoms with Crippen LogP contribution in [0.25, 0.3) is 11.1 Å². The summed E-state index contributed by atoms with van der Waals surface area (Å²) in [4.78, 5) is 31.3. The van der Waals surface area contributed by atoms with Crippen molar-refractivity contribution in [3.63, 3.8) is 0 Å². The molecule has 3 aromatic rings. The van der Waals surface area contributed by atoms with E-state index < -0.39 is 5.82 Å². The topological polar surface area (TPSA) is 74.8 Å². The zero-order valence-corrected chi connectivity index (χ0v) is 15.3. The van der Waals surface area contributed by atoms with Gasteiger partial charge in [-0.1, -0.05) is 32.0 Å². The minimum atomic E-state index is -0.473. The smallest absolute Gasteiger partial charge is 0.256 e. The third-order valence-electron chi connectivity index (χ3n) is 4.28. The van der Waals surface area contributed by atoms with Crippen molar-refractivity contribution >= 4 is 17.2 Å². The third kappa shape index (κ3) is 3.79. The van der Waals surface area contributed by atoms with Crippen LogP contribution in [0.4, 0.5) is 15.8 Å². The van der Waals surface area contributed by atoms with E-state index in [0.29, 0.717) is 22.6 Å². The summed E-state index contributed by atoms with van der Waals surface area (Å²) in [6.07, 6.45) is 3.07. The van der Waals surface area contributed by atoms with Crippen molar-refractivity contribution in [3.8, 4) is 11.1 Å². The Hall–Kier alpha value is -3.28. The Kier molecular flexibility index (Phi) is 5.16. The highest BCUT2D eigenvalue weighted by Crippen LogP contribution is 2.30. The molecule has 0 saturated carbocycles. The summed E-state index contributed by atoms with van der Waals surface area (Å²) < 4.78 is 14.2. The fraction of sp³-hybridized carbons (Fsp3) is 0.190. The van der Waals surface area contributed by atoms with Crippen molar-refractivity contribution in [1.29, 1.82) is 0 Å². The van der Waals surface area contributed by atoms with E-state index in [1.807, 2.05) is 13.8 Å². The summed E-state index contributed by atoms with van der Waals surface area (Å²) in [7, 11) is 0. The number of nitrogens with one attached hydrogen (secondary N) is 2. The van der Waals surface area contributed by atoms with Gasteiger partial charge < -0.3 is 10.3 Å². The van der Waals surface area contributed by atoms with Gasteiger partial charge in [0, 0.05) is 23.7 Å². The van der Waals surface area contributed by atoms with Crippen molar-refractivity contribution in [2.45, 2.75) is 26.7 Å². The molecule has 0 aliphatic carbocycles. The first-order valence-electron chi connectivity index (χ1n) is 8.62. The van der Waals surface area contributed by atoms with Crippen LogP contribution in [0.3, 0.4) is 0 Å². The molecule has 0 saturated heterocycles. The summed E-state index contributed by atoms with van der Waals surface area (Å²) in [6.45, 7) is 5.35. The highest BCUT2D eigenvalue weighted by atomic mass is 19.1. The third-order valence-corrected chi connectivity index (χ3v) is 4.28. The Morgan fingerprint density at radius 2 is 1.89 bits per heavy atom. The minimum absolute atomic E-state index is 0.0116. The molecule has 0 aliphatic rings. The quantitative estimate of drug-likeness (QED) is 0.646. The van der Waals surface area contributed by atoms with Crippen molar-refractivity contribution in [3.05, 3.63) is 76.2 Å². The number of rotatable bonds is 5.